The Bertz CT molecular complexity index is 588. The molecule has 2 aromatic rings. The zero-order valence-electron chi connectivity index (χ0n) is 10.7. The van der Waals surface area contributed by atoms with Crippen molar-refractivity contribution in [2.75, 3.05) is 0 Å². The maximum Gasteiger partial charge on any atom is 0.123 e. The van der Waals surface area contributed by atoms with Crippen LogP contribution in [0.15, 0.2) is 48.5 Å². The first kappa shape index (κ1) is 13.3. The molecular weight excluding hydrogens is 239 g/mol. The summed E-state index contributed by atoms with van der Waals surface area (Å²) in [5.41, 5.74) is 2.84. The van der Waals surface area contributed by atoms with Crippen molar-refractivity contribution in [1.29, 1.82) is 0 Å². The Kier molecular flexibility index (Phi) is 4.33. The average molecular weight is 254 g/mol. The van der Waals surface area contributed by atoms with Gasteiger partial charge in [0.15, 0.2) is 0 Å². The van der Waals surface area contributed by atoms with E-state index in [1.54, 1.807) is 12.1 Å². The smallest absolute Gasteiger partial charge is 0.123 e. The molecule has 0 saturated carbocycles. The standard InChI is InChI=1S/C17H15FO/c1-2-17(19)12-5-13-3-6-14(7-4-13)15-8-10-16(18)11-9-15/h3-4,6-11,17,19H,2H2,1H3. The predicted octanol–water partition coefficient (Wildman–Crippen LogP) is 3.62. The van der Waals surface area contributed by atoms with Crippen molar-refractivity contribution in [2.24, 2.45) is 0 Å². The van der Waals surface area contributed by atoms with Crippen LogP contribution in [0.5, 0.6) is 0 Å². The second kappa shape index (κ2) is 6.17. The van der Waals surface area contributed by atoms with Crippen LogP contribution >= 0.6 is 0 Å². The molecule has 2 heteroatoms. The molecule has 0 saturated heterocycles. The molecule has 1 unspecified atom stereocenters. The highest BCUT2D eigenvalue weighted by molar-refractivity contribution is 5.64. The zero-order valence-corrected chi connectivity index (χ0v) is 10.7. The third-order valence-corrected chi connectivity index (χ3v) is 2.83. The Hall–Kier alpha value is -2.11. The molecule has 0 aromatic heterocycles. The van der Waals surface area contributed by atoms with Gasteiger partial charge in [0, 0.05) is 5.56 Å². The van der Waals surface area contributed by atoms with Crippen molar-refractivity contribution in [3.63, 3.8) is 0 Å². The van der Waals surface area contributed by atoms with Gasteiger partial charge in [0.05, 0.1) is 0 Å². The van der Waals surface area contributed by atoms with Crippen LogP contribution in [0.2, 0.25) is 0 Å². The fourth-order valence-electron chi connectivity index (χ4n) is 1.66. The lowest BCUT2D eigenvalue weighted by atomic mass is 10.0. The minimum atomic E-state index is -0.572. The van der Waals surface area contributed by atoms with E-state index in [1.165, 1.54) is 12.1 Å². The van der Waals surface area contributed by atoms with Gasteiger partial charge in [-0.25, -0.2) is 4.39 Å². The first-order valence-corrected chi connectivity index (χ1v) is 6.24. The van der Waals surface area contributed by atoms with Crippen LogP contribution in [0.4, 0.5) is 4.39 Å². The van der Waals surface area contributed by atoms with Crippen LogP contribution < -0.4 is 0 Å². The minimum Gasteiger partial charge on any atom is -0.380 e. The molecule has 0 fully saturated rings. The van der Waals surface area contributed by atoms with Gasteiger partial charge in [0.25, 0.3) is 0 Å². The number of rotatable bonds is 2. The van der Waals surface area contributed by atoms with Gasteiger partial charge in [-0.3, -0.25) is 0 Å². The van der Waals surface area contributed by atoms with E-state index in [0.717, 1.165) is 16.7 Å². The molecule has 1 N–H and O–H groups in total. The van der Waals surface area contributed by atoms with Crippen LogP contribution in [0.1, 0.15) is 18.9 Å². The molecule has 0 aliphatic carbocycles. The van der Waals surface area contributed by atoms with E-state index in [0.29, 0.717) is 6.42 Å². The molecule has 0 aliphatic rings. The monoisotopic (exact) mass is 254 g/mol. The topological polar surface area (TPSA) is 20.2 Å². The molecule has 0 spiro atoms. The zero-order chi connectivity index (χ0) is 13.7. The molecule has 1 nitrogen and oxygen atoms in total. The van der Waals surface area contributed by atoms with Crippen molar-refractivity contribution < 1.29 is 9.50 Å². The van der Waals surface area contributed by atoms with Crippen LogP contribution in [0.3, 0.4) is 0 Å². The third kappa shape index (κ3) is 3.67. The van der Waals surface area contributed by atoms with Crippen LogP contribution in [-0.4, -0.2) is 11.2 Å². The lowest BCUT2D eigenvalue weighted by molar-refractivity contribution is 0.228. The number of benzene rings is 2. The van der Waals surface area contributed by atoms with E-state index in [9.17, 15) is 9.50 Å². The quantitative estimate of drug-likeness (QED) is 0.812. The Morgan fingerprint density at radius 3 is 2.05 bits per heavy atom. The molecule has 96 valence electrons. The lowest BCUT2D eigenvalue weighted by Gasteiger charge is -2.01. The van der Waals surface area contributed by atoms with Crippen LogP contribution in [0, 0.1) is 17.7 Å². The fraction of sp³-hybridized carbons (Fsp3) is 0.176. The minimum absolute atomic E-state index is 0.236. The molecule has 2 rings (SSSR count). The fourth-order valence-corrected chi connectivity index (χ4v) is 1.66. The summed E-state index contributed by atoms with van der Waals surface area (Å²) >= 11 is 0. The SMILES string of the molecule is CCC(O)C#Cc1ccc(-c2ccc(F)cc2)cc1. The molecule has 0 heterocycles. The highest BCUT2D eigenvalue weighted by Crippen LogP contribution is 2.19. The lowest BCUT2D eigenvalue weighted by Crippen LogP contribution is -1.98. The number of hydrogen-bond donors (Lipinski definition) is 1. The van der Waals surface area contributed by atoms with Crippen molar-refractivity contribution in [3.05, 3.63) is 59.9 Å². The van der Waals surface area contributed by atoms with Gasteiger partial charge < -0.3 is 5.11 Å². The molecule has 19 heavy (non-hydrogen) atoms. The second-order valence-electron chi connectivity index (χ2n) is 4.28. The van der Waals surface area contributed by atoms with Crippen molar-refractivity contribution in [1.82, 2.24) is 0 Å². The Morgan fingerprint density at radius 2 is 1.53 bits per heavy atom. The van der Waals surface area contributed by atoms with Crippen molar-refractivity contribution in [3.8, 4) is 23.0 Å². The van der Waals surface area contributed by atoms with Crippen LogP contribution in [0.25, 0.3) is 11.1 Å². The first-order chi connectivity index (χ1) is 9.19. The Labute approximate surface area is 112 Å². The summed E-state index contributed by atoms with van der Waals surface area (Å²) in [4.78, 5) is 0. The summed E-state index contributed by atoms with van der Waals surface area (Å²) < 4.78 is 12.8. The normalized spacial score (nSPS) is 11.5. The maximum atomic E-state index is 12.8. The van der Waals surface area contributed by atoms with Gasteiger partial charge in [-0.2, -0.15) is 0 Å². The van der Waals surface area contributed by atoms with E-state index >= 15 is 0 Å². The van der Waals surface area contributed by atoms with Gasteiger partial charge in [-0.1, -0.05) is 43.0 Å². The summed E-state index contributed by atoms with van der Waals surface area (Å²) in [7, 11) is 0. The van der Waals surface area contributed by atoms with Gasteiger partial charge in [0.1, 0.15) is 11.9 Å². The van der Waals surface area contributed by atoms with E-state index in [-0.39, 0.29) is 5.82 Å². The van der Waals surface area contributed by atoms with Crippen LogP contribution in [-0.2, 0) is 0 Å². The van der Waals surface area contributed by atoms with Gasteiger partial charge >= 0.3 is 0 Å². The molecule has 0 amide bonds. The summed E-state index contributed by atoms with van der Waals surface area (Å²) in [5.74, 6) is 5.46. The molecular formula is C17H15FO. The number of aliphatic hydroxyl groups excluding tert-OH is 1. The van der Waals surface area contributed by atoms with E-state index in [4.69, 9.17) is 0 Å². The highest BCUT2D eigenvalue weighted by Gasteiger charge is 1.98. The second-order valence-corrected chi connectivity index (χ2v) is 4.28. The van der Waals surface area contributed by atoms with E-state index in [2.05, 4.69) is 11.8 Å². The van der Waals surface area contributed by atoms with E-state index < -0.39 is 6.10 Å². The number of aliphatic hydroxyl groups is 1. The van der Waals surface area contributed by atoms with Gasteiger partial charge in [-0.05, 0) is 41.8 Å². The summed E-state index contributed by atoms with van der Waals surface area (Å²) in [6.07, 6.45) is 0.0532. The summed E-state index contributed by atoms with van der Waals surface area (Å²) in [6, 6.07) is 14.1. The molecule has 1 atom stereocenters. The summed E-state index contributed by atoms with van der Waals surface area (Å²) in [5, 5.41) is 9.37. The van der Waals surface area contributed by atoms with Crippen molar-refractivity contribution >= 4 is 0 Å². The summed E-state index contributed by atoms with van der Waals surface area (Å²) in [6.45, 7) is 1.89. The van der Waals surface area contributed by atoms with Gasteiger partial charge in [-0.15, -0.1) is 0 Å². The number of halogens is 1. The largest absolute Gasteiger partial charge is 0.380 e. The first-order valence-electron chi connectivity index (χ1n) is 6.24. The van der Waals surface area contributed by atoms with Gasteiger partial charge in [0.2, 0.25) is 0 Å². The predicted molar refractivity (Wildman–Crippen MR) is 75.0 cm³/mol. The molecule has 0 aliphatic heterocycles. The molecule has 0 radical (unpaired) electrons. The highest BCUT2D eigenvalue weighted by atomic mass is 19.1. The van der Waals surface area contributed by atoms with E-state index in [1.807, 2.05) is 31.2 Å². The Balaban J connectivity index is 2.18. The van der Waals surface area contributed by atoms with Crippen molar-refractivity contribution in [2.45, 2.75) is 19.4 Å². The molecule has 2 aromatic carbocycles. The number of hydrogen-bond acceptors (Lipinski definition) is 1. The third-order valence-electron chi connectivity index (χ3n) is 2.83. The Morgan fingerprint density at radius 1 is 1.00 bits per heavy atom. The molecule has 0 bridgehead atoms. The maximum absolute atomic E-state index is 12.8. The average Bonchev–Trinajstić information content (AvgIpc) is 2.46.